The van der Waals surface area contributed by atoms with Crippen LogP contribution in [0.3, 0.4) is 0 Å². The largest absolute Gasteiger partial charge is 0.469 e. The minimum absolute atomic E-state index is 0.418. The molecular weight excluding hydrogens is 170 g/mol. The molecule has 0 atom stereocenters. The zero-order chi connectivity index (χ0) is 9.10. The summed E-state index contributed by atoms with van der Waals surface area (Å²) >= 11 is 0. The number of nitrogens with one attached hydrogen (secondary N) is 1. The van der Waals surface area contributed by atoms with Crippen LogP contribution in [0, 0.1) is 0 Å². The lowest BCUT2D eigenvalue weighted by molar-refractivity contribution is 0.422. The van der Waals surface area contributed by atoms with E-state index in [1.54, 1.807) is 13.3 Å². The first-order valence-electron chi connectivity index (χ1n) is 3.91. The molecule has 2 rings (SSSR count). The molecule has 0 spiro atoms. The monoisotopic (exact) mass is 179 g/mol. The first kappa shape index (κ1) is 7.85. The Kier molecular flexibility index (Phi) is 1.99. The van der Waals surface area contributed by atoms with Crippen LogP contribution < -0.4 is 5.32 Å². The van der Waals surface area contributed by atoms with Gasteiger partial charge < -0.3 is 14.3 Å². The zero-order valence-electron chi connectivity index (χ0n) is 7.15. The highest BCUT2D eigenvalue weighted by Crippen LogP contribution is 2.08. The van der Waals surface area contributed by atoms with Crippen molar-refractivity contribution in [1.29, 1.82) is 0 Å². The van der Waals surface area contributed by atoms with Crippen LogP contribution in [0.15, 0.2) is 27.3 Å². The molecule has 0 aliphatic rings. The Morgan fingerprint density at radius 3 is 3.08 bits per heavy atom. The minimum atomic E-state index is 0.418. The van der Waals surface area contributed by atoms with E-state index < -0.39 is 0 Å². The number of hydrogen-bond acceptors (Lipinski definition) is 5. The number of rotatable bonds is 3. The van der Waals surface area contributed by atoms with Crippen molar-refractivity contribution in [3.05, 3.63) is 30.0 Å². The third kappa shape index (κ3) is 1.69. The van der Waals surface area contributed by atoms with Crippen molar-refractivity contribution >= 4 is 6.01 Å². The molecule has 68 valence electrons. The van der Waals surface area contributed by atoms with Crippen molar-refractivity contribution in [2.24, 2.45) is 0 Å². The van der Waals surface area contributed by atoms with Crippen molar-refractivity contribution in [3.63, 3.8) is 0 Å². The molecule has 0 aliphatic carbocycles. The highest BCUT2D eigenvalue weighted by atomic mass is 16.5. The normalized spacial score (nSPS) is 10.2. The number of anilines is 1. The average Bonchev–Trinajstić information content (AvgIpc) is 2.76. The van der Waals surface area contributed by atoms with Gasteiger partial charge in [0.15, 0.2) is 5.82 Å². The number of furan rings is 1. The van der Waals surface area contributed by atoms with Gasteiger partial charge in [0.2, 0.25) is 0 Å². The predicted octanol–water partition coefficient (Wildman–Crippen LogP) is 1.30. The van der Waals surface area contributed by atoms with Crippen LogP contribution in [0.1, 0.15) is 11.6 Å². The summed E-state index contributed by atoms with van der Waals surface area (Å²) in [6.45, 7) is 0. The SMILES string of the molecule is CNc1nc(Cc2ccco2)no1. The standard InChI is InChI=1S/C8H9N3O2/c1-9-8-10-7(11-13-8)5-6-3-2-4-12-6/h2-4H,5H2,1H3,(H,9,10,11). The van der Waals surface area contributed by atoms with Crippen LogP contribution in [-0.2, 0) is 6.42 Å². The van der Waals surface area contributed by atoms with E-state index in [1.807, 2.05) is 12.1 Å². The summed E-state index contributed by atoms with van der Waals surface area (Å²) in [6.07, 6.45) is 2.17. The molecule has 0 amide bonds. The molecule has 0 aliphatic heterocycles. The smallest absolute Gasteiger partial charge is 0.321 e. The predicted molar refractivity (Wildman–Crippen MR) is 45.4 cm³/mol. The summed E-state index contributed by atoms with van der Waals surface area (Å²) in [5, 5.41) is 6.51. The maximum atomic E-state index is 5.14. The van der Waals surface area contributed by atoms with Gasteiger partial charge in [-0.3, -0.25) is 0 Å². The highest BCUT2D eigenvalue weighted by molar-refractivity contribution is 5.17. The molecule has 1 N–H and O–H groups in total. The van der Waals surface area contributed by atoms with Gasteiger partial charge in [0.25, 0.3) is 0 Å². The topological polar surface area (TPSA) is 64.1 Å². The second kappa shape index (κ2) is 3.30. The lowest BCUT2D eigenvalue weighted by atomic mass is 10.3. The lowest BCUT2D eigenvalue weighted by Crippen LogP contribution is -1.90. The molecule has 0 aromatic carbocycles. The highest BCUT2D eigenvalue weighted by Gasteiger charge is 2.06. The van der Waals surface area contributed by atoms with Crippen molar-refractivity contribution in [2.75, 3.05) is 12.4 Å². The molecule has 5 heteroatoms. The van der Waals surface area contributed by atoms with Crippen LogP contribution in [0.2, 0.25) is 0 Å². The van der Waals surface area contributed by atoms with Crippen molar-refractivity contribution in [2.45, 2.75) is 6.42 Å². The number of nitrogens with zero attached hydrogens (tertiary/aromatic N) is 2. The van der Waals surface area contributed by atoms with E-state index in [9.17, 15) is 0 Å². The van der Waals surface area contributed by atoms with Gasteiger partial charge in [0.05, 0.1) is 12.7 Å². The lowest BCUT2D eigenvalue weighted by Gasteiger charge is -1.87. The fourth-order valence-corrected chi connectivity index (χ4v) is 0.996. The Hall–Kier alpha value is -1.78. The average molecular weight is 179 g/mol. The first-order chi connectivity index (χ1) is 6.38. The molecule has 2 heterocycles. The van der Waals surface area contributed by atoms with E-state index in [4.69, 9.17) is 8.94 Å². The Balaban J connectivity index is 2.10. The van der Waals surface area contributed by atoms with Crippen LogP contribution in [0.5, 0.6) is 0 Å². The van der Waals surface area contributed by atoms with Gasteiger partial charge in [-0.25, -0.2) is 0 Å². The molecule has 0 saturated heterocycles. The summed E-state index contributed by atoms with van der Waals surface area (Å²) in [5.41, 5.74) is 0. The summed E-state index contributed by atoms with van der Waals surface area (Å²) in [6, 6.07) is 4.12. The van der Waals surface area contributed by atoms with E-state index in [1.165, 1.54) is 0 Å². The Labute approximate surface area is 74.7 Å². The van der Waals surface area contributed by atoms with E-state index in [-0.39, 0.29) is 0 Å². The second-order valence-corrected chi connectivity index (χ2v) is 2.52. The van der Waals surface area contributed by atoms with Crippen molar-refractivity contribution in [3.8, 4) is 0 Å². The van der Waals surface area contributed by atoms with Crippen LogP contribution in [0.25, 0.3) is 0 Å². The van der Waals surface area contributed by atoms with Gasteiger partial charge >= 0.3 is 6.01 Å². The molecule has 2 aromatic rings. The molecule has 0 radical (unpaired) electrons. The summed E-state index contributed by atoms with van der Waals surface area (Å²) in [4.78, 5) is 4.05. The van der Waals surface area contributed by atoms with E-state index in [2.05, 4.69) is 15.5 Å². The quantitative estimate of drug-likeness (QED) is 0.769. The number of aromatic nitrogens is 2. The molecular formula is C8H9N3O2. The van der Waals surface area contributed by atoms with E-state index >= 15 is 0 Å². The fraction of sp³-hybridized carbons (Fsp3) is 0.250. The molecule has 13 heavy (non-hydrogen) atoms. The Bertz CT molecular complexity index is 366. The summed E-state index contributed by atoms with van der Waals surface area (Å²) < 4.78 is 9.99. The Morgan fingerprint density at radius 2 is 2.46 bits per heavy atom. The zero-order valence-corrected chi connectivity index (χ0v) is 7.15. The second-order valence-electron chi connectivity index (χ2n) is 2.52. The van der Waals surface area contributed by atoms with Crippen molar-refractivity contribution < 1.29 is 8.94 Å². The molecule has 2 aromatic heterocycles. The first-order valence-corrected chi connectivity index (χ1v) is 3.91. The third-order valence-corrected chi connectivity index (χ3v) is 1.59. The van der Waals surface area contributed by atoms with Gasteiger partial charge in [0, 0.05) is 7.05 Å². The molecule has 0 bridgehead atoms. The fourth-order valence-electron chi connectivity index (χ4n) is 0.996. The van der Waals surface area contributed by atoms with Crippen LogP contribution in [0.4, 0.5) is 6.01 Å². The van der Waals surface area contributed by atoms with Crippen LogP contribution in [-0.4, -0.2) is 17.2 Å². The molecule has 0 fully saturated rings. The summed E-state index contributed by atoms with van der Waals surface area (Å²) in [7, 11) is 1.73. The van der Waals surface area contributed by atoms with Gasteiger partial charge in [-0.1, -0.05) is 5.16 Å². The van der Waals surface area contributed by atoms with Crippen LogP contribution >= 0.6 is 0 Å². The third-order valence-electron chi connectivity index (χ3n) is 1.59. The van der Waals surface area contributed by atoms with Gasteiger partial charge in [-0.2, -0.15) is 4.98 Å². The Morgan fingerprint density at radius 1 is 1.54 bits per heavy atom. The van der Waals surface area contributed by atoms with E-state index in [0.717, 1.165) is 5.76 Å². The maximum absolute atomic E-state index is 5.14. The van der Waals surface area contributed by atoms with Gasteiger partial charge in [-0.15, -0.1) is 0 Å². The molecule has 5 nitrogen and oxygen atoms in total. The van der Waals surface area contributed by atoms with Gasteiger partial charge in [-0.05, 0) is 12.1 Å². The maximum Gasteiger partial charge on any atom is 0.321 e. The summed E-state index contributed by atoms with van der Waals surface area (Å²) in [5.74, 6) is 1.43. The number of hydrogen-bond donors (Lipinski definition) is 1. The molecule has 0 unspecified atom stereocenters. The van der Waals surface area contributed by atoms with Crippen molar-refractivity contribution in [1.82, 2.24) is 10.1 Å². The molecule has 0 saturated carbocycles. The minimum Gasteiger partial charge on any atom is -0.469 e. The van der Waals surface area contributed by atoms with Gasteiger partial charge in [0.1, 0.15) is 5.76 Å². The van der Waals surface area contributed by atoms with E-state index in [0.29, 0.717) is 18.3 Å².